The average molecular weight is 328 g/mol. The lowest BCUT2D eigenvalue weighted by Crippen LogP contribution is -2.48. The van der Waals surface area contributed by atoms with E-state index in [9.17, 15) is 4.79 Å². The van der Waals surface area contributed by atoms with E-state index in [-0.39, 0.29) is 11.9 Å². The summed E-state index contributed by atoms with van der Waals surface area (Å²) in [5.41, 5.74) is 3.49. The van der Waals surface area contributed by atoms with Crippen LogP contribution >= 0.6 is 0 Å². The van der Waals surface area contributed by atoms with Crippen LogP contribution in [0.15, 0.2) is 24.3 Å². The minimum absolute atomic E-state index is 0.0551. The molecular weight excluding hydrogens is 304 g/mol. The van der Waals surface area contributed by atoms with Gasteiger partial charge >= 0.3 is 0 Å². The molecule has 0 unspecified atom stereocenters. The van der Waals surface area contributed by atoms with Crippen molar-refractivity contribution in [2.24, 2.45) is 7.05 Å². The molecule has 128 valence electrons. The number of aromatic nitrogens is 2. The Kier molecular flexibility index (Phi) is 4.57. The topological polar surface area (TPSA) is 59.4 Å². The molecule has 1 fully saturated rings. The van der Waals surface area contributed by atoms with Gasteiger partial charge in [0.2, 0.25) is 0 Å². The van der Waals surface area contributed by atoms with Gasteiger partial charge in [-0.15, -0.1) is 0 Å². The number of hydrogen-bond donors (Lipinski definition) is 1. The zero-order valence-electron chi connectivity index (χ0n) is 14.7. The van der Waals surface area contributed by atoms with E-state index in [1.54, 1.807) is 11.8 Å². The highest BCUT2D eigenvalue weighted by Gasteiger charge is 2.29. The molecule has 0 saturated carbocycles. The van der Waals surface area contributed by atoms with Crippen molar-refractivity contribution in [3.05, 3.63) is 46.8 Å². The molecule has 0 radical (unpaired) electrons. The molecule has 1 aromatic heterocycles. The van der Waals surface area contributed by atoms with Crippen molar-refractivity contribution in [2.45, 2.75) is 19.9 Å². The molecule has 1 saturated heterocycles. The van der Waals surface area contributed by atoms with E-state index in [1.165, 1.54) is 0 Å². The largest absolute Gasteiger partial charge is 0.496 e. The highest BCUT2D eigenvalue weighted by atomic mass is 16.5. The highest BCUT2D eigenvalue weighted by Crippen LogP contribution is 2.27. The molecule has 1 aromatic carbocycles. The Hall–Kier alpha value is -2.34. The van der Waals surface area contributed by atoms with E-state index < -0.39 is 0 Å². The zero-order chi connectivity index (χ0) is 17.3. The van der Waals surface area contributed by atoms with E-state index in [4.69, 9.17) is 4.74 Å². The molecule has 6 nitrogen and oxygen atoms in total. The average Bonchev–Trinajstić information content (AvgIpc) is 2.86. The quantitative estimate of drug-likeness (QED) is 0.934. The number of piperazine rings is 1. The van der Waals surface area contributed by atoms with Crippen molar-refractivity contribution in [1.29, 1.82) is 0 Å². The maximum atomic E-state index is 13.0. The third-order valence-electron chi connectivity index (χ3n) is 4.70. The number of aryl methyl sites for hydroxylation is 2. The van der Waals surface area contributed by atoms with Crippen LogP contribution < -0.4 is 10.1 Å². The van der Waals surface area contributed by atoms with Gasteiger partial charge in [0.05, 0.1) is 24.4 Å². The van der Waals surface area contributed by atoms with E-state index >= 15 is 0 Å². The number of ether oxygens (including phenoxy) is 1. The van der Waals surface area contributed by atoms with Gasteiger partial charge in [-0.25, -0.2) is 0 Å². The molecule has 0 bridgehead atoms. The van der Waals surface area contributed by atoms with Crippen LogP contribution in [0.5, 0.6) is 5.75 Å². The van der Waals surface area contributed by atoms with Crippen LogP contribution in [-0.4, -0.2) is 47.3 Å². The summed E-state index contributed by atoms with van der Waals surface area (Å²) in [7, 11) is 3.54. The van der Waals surface area contributed by atoms with Crippen LogP contribution in [-0.2, 0) is 7.05 Å². The third-order valence-corrected chi connectivity index (χ3v) is 4.70. The molecule has 6 heteroatoms. The van der Waals surface area contributed by atoms with Crippen molar-refractivity contribution in [1.82, 2.24) is 20.0 Å². The first kappa shape index (κ1) is 16.5. The van der Waals surface area contributed by atoms with E-state index in [0.29, 0.717) is 13.1 Å². The Bertz CT molecular complexity index is 753. The summed E-state index contributed by atoms with van der Waals surface area (Å²) in [4.78, 5) is 14.9. The number of hydrogen-bond acceptors (Lipinski definition) is 4. The third kappa shape index (κ3) is 2.89. The van der Waals surface area contributed by atoms with E-state index in [2.05, 4.69) is 10.4 Å². The Morgan fingerprint density at radius 3 is 2.75 bits per heavy atom. The summed E-state index contributed by atoms with van der Waals surface area (Å²) in [6.07, 6.45) is 0. The number of rotatable bonds is 3. The highest BCUT2D eigenvalue weighted by molar-refractivity contribution is 5.96. The Balaban J connectivity index is 1.84. The maximum Gasteiger partial charge on any atom is 0.257 e. The number of amides is 1. The molecule has 1 aliphatic heterocycles. The summed E-state index contributed by atoms with van der Waals surface area (Å²) >= 11 is 0. The molecule has 1 amide bonds. The summed E-state index contributed by atoms with van der Waals surface area (Å²) < 4.78 is 7.23. The molecule has 24 heavy (non-hydrogen) atoms. The number of nitrogens with one attached hydrogen (secondary N) is 1. The first-order valence-electron chi connectivity index (χ1n) is 8.18. The minimum atomic E-state index is 0.0551. The van der Waals surface area contributed by atoms with Gasteiger partial charge in [0.15, 0.2) is 0 Å². The fraction of sp³-hybridized carbons (Fsp3) is 0.444. The fourth-order valence-corrected chi connectivity index (χ4v) is 3.34. The lowest BCUT2D eigenvalue weighted by molar-refractivity contribution is 0.0700. The van der Waals surface area contributed by atoms with Gasteiger partial charge in [-0.05, 0) is 19.9 Å². The lowest BCUT2D eigenvalue weighted by atomic mass is 10.0. The van der Waals surface area contributed by atoms with E-state index in [0.717, 1.165) is 34.8 Å². The number of methoxy groups -OCH3 is 1. The SMILES string of the molecule is COc1ccccc1[C@@H]1CN(C(=O)c2c(C)nn(C)c2C)CCN1. The summed E-state index contributed by atoms with van der Waals surface area (Å²) in [5.74, 6) is 0.900. The number of nitrogens with zero attached hydrogens (tertiary/aromatic N) is 3. The molecule has 1 N–H and O–H groups in total. The van der Waals surface area contributed by atoms with Gasteiger partial charge in [-0.1, -0.05) is 18.2 Å². The standard InChI is InChI=1S/C18H24N4O2/c1-12-17(13(2)21(3)20-12)18(23)22-10-9-19-15(11-22)14-7-5-6-8-16(14)24-4/h5-8,15,19H,9-11H2,1-4H3/t15-/m0/s1. The van der Waals surface area contributed by atoms with Gasteiger partial charge in [0.1, 0.15) is 5.75 Å². The Morgan fingerprint density at radius 1 is 1.33 bits per heavy atom. The van der Waals surface area contributed by atoms with E-state index in [1.807, 2.05) is 50.1 Å². The van der Waals surface area contributed by atoms with Crippen LogP contribution in [0.4, 0.5) is 0 Å². The second-order valence-electron chi connectivity index (χ2n) is 6.17. The molecule has 0 aliphatic carbocycles. The molecule has 2 aromatic rings. The second kappa shape index (κ2) is 6.65. The molecule has 1 atom stereocenters. The number of benzene rings is 1. The summed E-state index contributed by atoms with van der Waals surface area (Å²) in [5, 5.41) is 7.85. The monoisotopic (exact) mass is 328 g/mol. The lowest BCUT2D eigenvalue weighted by Gasteiger charge is -2.34. The molecule has 2 heterocycles. The van der Waals surface area contributed by atoms with Crippen molar-refractivity contribution in [2.75, 3.05) is 26.7 Å². The smallest absolute Gasteiger partial charge is 0.257 e. The van der Waals surface area contributed by atoms with Crippen LogP contribution in [0.2, 0.25) is 0 Å². The first-order valence-corrected chi connectivity index (χ1v) is 8.18. The van der Waals surface area contributed by atoms with Crippen molar-refractivity contribution in [3.8, 4) is 5.75 Å². The Morgan fingerprint density at radius 2 is 2.08 bits per heavy atom. The van der Waals surface area contributed by atoms with Gasteiger partial charge in [-0.2, -0.15) is 5.10 Å². The minimum Gasteiger partial charge on any atom is -0.496 e. The molecule has 3 rings (SSSR count). The van der Waals surface area contributed by atoms with Gasteiger partial charge in [0, 0.05) is 37.9 Å². The van der Waals surface area contributed by atoms with Crippen molar-refractivity contribution in [3.63, 3.8) is 0 Å². The number of carbonyl (C=O) groups excluding carboxylic acids is 1. The number of carbonyl (C=O) groups is 1. The van der Waals surface area contributed by atoms with Crippen LogP contribution in [0.3, 0.4) is 0 Å². The molecular formula is C18H24N4O2. The fourth-order valence-electron chi connectivity index (χ4n) is 3.34. The van der Waals surface area contributed by atoms with Crippen LogP contribution in [0.25, 0.3) is 0 Å². The number of para-hydroxylation sites is 1. The molecule has 0 spiro atoms. The van der Waals surface area contributed by atoms with Crippen LogP contribution in [0.1, 0.15) is 33.4 Å². The first-order chi connectivity index (χ1) is 11.5. The van der Waals surface area contributed by atoms with Crippen molar-refractivity contribution < 1.29 is 9.53 Å². The second-order valence-corrected chi connectivity index (χ2v) is 6.17. The summed E-state index contributed by atoms with van der Waals surface area (Å²) in [6.45, 7) is 5.89. The van der Waals surface area contributed by atoms with Gasteiger partial charge < -0.3 is 15.0 Å². The summed E-state index contributed by atoms with van der Waals surface area (Å²) in [6, 6.07) is 8.01. The molecule has 1 aliphatic rings. The Labute approximate surface area is 142 Å². The predicted molar refractivity (Wildman–Crippen MR) is 92.3 cm³/mol. The predicted octanol–water partition coefficient (Wildman–Crippen LogP) is 1.83. The van der Waals surface area contributed by atoms with Crippen LogP contribution in [0, 0.1) is 13.8 Å². The van der Waals surface area contributed by atoms with Gasteiger partial charge in [-0.3, -0.25) is 9.48 Å². The zero-order valence-corrected chi connectivity index (χ0v) is 14.7. The van der Waals surface area contributed by atoms with Crippen molar-refractivity contribution >= 4 is 5.91 Å². The van der Waals surface area contributed by atoms with Gasteiger partial charge in [0.25, 0.3) is 5.91 Å². The normalized spacial score (nSPS) is 17.8. The maximum absolute atomic E-state index is 13.0.